The number of thiocarbonyl (C=S) groups is 1. The average molecular weight is 425 g/mol. The van der Waals surface area contributed by atoms with E-state index in [2.05, 4.69) is 0 Å². The van der Waals surface area contributed by atoms with Crippen LogP contribution in [0.15, 0.2) is 70.0 Å². The van der Waals surface area contributed by atoms with Crippen LogP contribution in [-0.4, -0.2) is 24.3 Å². The Morgan fingerprint density at radius 1 is 1.03 bits per heavy atom. The Labute approximate surface area is 177 Å². The quantitative estimate of drug-likeness (QED) is 0.405. The number of anilines is 2. The van der Waals surface area contributed by atoms with Crippen LogP contribution in [0.4, 0.5) is 15.8 Å². The van der Waals surface area contributed by atoms with Gasteiger partial charge in [-0.1, -0.05) is 24.0 Å². The van der Waals surface area contributed by atoms with Gasteiger partial charge in [0, 0.05) is 31.4 Å². The third-order valence-corrected chi connectivity index (χ3v) is 5.75. The minimum absolute atomic E-state index is 0.183. The predicted molar refractivity (Wildman–Crippen MR) is 121 cm³/mol. The molecular formula is C22H17FN2O2S2. The molecule has 1 saturated heterocycles. The van der Waals surface area contributed by atoms with E-state index in [1.54, 1.807) is 30.3 Å². The van der Waals surface area contributed by atoms with Gasteiger partial charge in [0.1, 0.15) is 17.3 Å². The van der Waals surface area contributed by atoms with Crippen molar-refractivity contribution < 1.29 is 13.6 Å². The normalized spacial score (nSPS) is 15.4. The van der Waals surface area contributed by atoms with Crippen LogP contribution < -0.4 is 9.80 Å². The summed E-state index contributed by atoms with van der Waals surface area (Å²) in [6, 6.07) is 17.3. The summed E-state index contributed by atoms with van der Waals surface area (Å²) in [6.07, 6.45) is 1.68. The summed E-state index contributed by atoms with van der Waals surface area (Å²) in [5.74, 6) is 0.652. The molecule has 29 heavy (non-hydrogen) atoms. The van der Waals surface area contributed by atoms with Crippen LogP contribution in [0.3, 0.4) is 0 Å². The van der Waals surface area contributed by atoms with E-state index in [9.17, 15) is 9.18 Å². The standard InChI is InChI=1S/C22H17FN2O2S2/c1-24(2)16-7-9-17(10-8-16)25-21(26)20(29-22(25)28)13-18-11-12-19(27-18)14-3-5-15(23)6-4-14/h3-13H,1-2H3/b20-13-. The maximum absolute atomic E-state index is 13.1. The number of furan rings is 1. The molecule has 0 bridgehead atoms. The second-order valence-electron chi connectivity index (χ2n) is 6.64. The summed E-state index contributed by atoms with van der Waals surface area (Å²) in [7, 11) is 3.92. The highest BCUT2D eigenvalue weighted by Crippen LogP contribution is 2.37. The minimum Gasteiger partial charge on any atom is -0.457 e. The Morgan fingerprint density at radius 3 is 2.38 bits per heavy atom. The van der Waals surface area contributed by atoms with Gasteiger partial charge in [-0.3, -0.25) is 9.69 Å². The number of carbonyl (C=O) groups excluding carboxylic acids is 1. The Kier molecular flexibility index (Phi) is 5.25. The lowest BCUT2D eigenvalue weighted by Gasteiger charge is -2.17. The SMILES string of the molecule is CN(C)c1ccc(N2C(=O)/C(=C/c3ccc(-c4ccc(F)cc4)o3)SC2=S)cc1. The van der Waals surface area contributed by atoms with E-state index in [4.69, 9.17) is 16.6 Å². The van der Waals surface area contributed by atoms with E-state index >= 15 is 0 Å². The van der Waals surface area contributed by atoms with Crippen molar-refractivity contribution in [3.63, 3.8) is 0 Å². The Bertz CT molecular complexity index is 1100. The molecule has 0 aliphatic carbocycles. The van der Waals surface area contributed by atoms with Gasteiger partial charge in [-0.05, 0) is 60.7 Å². The van der Waals surface area contributed by atoms with Crippen LogP contribution in [-0.2, 0) is 4.79 Å². The molecule has 0 spiro atoms. The number of halogens is 1. The highest BCUT2D eigenvalue weighted by Gasteiger charge is 2.33. The zero-order chi connectivity index (χ0) is 20.5. The third-order valence-electron chi connectivity index (χ3n) is 4.45. The largest absolute Gasteiger partial charge is 0.457 e. The minimum atomic E-state index is -0.303. The van der Waals surface area contributed by atoms with Crippen molar-refractivity contribution in [2.75, 3.05) is 23.9 Å². The molecule has 0 saturated carbocycles. The molecule has 2 aromatic carbocycles. The number of hydrogen-bond donors (Lipinski definition) is 0. The van der Waals surface area contributed by atoms with Gasteiger partial charge in [0.2, 0.25) is 0 Å². The lowest BCUT2D eigenvalue weighted by molar-refractivity contribution is -0.113. The van der Waals surface area contributed by atoms with E-state index in [1.807, 2.05) is 43.3 Å². The second-order valence-corrected chi connectivity index (χ2v) is 8.31. The van der Waals surface area contributed by atoms with Gasteiger partial charge < -0.3 is 9.32 Å². The molecule has 146 valence electrons. The molecule has 3 aromatic rings. The molecule has 1 aromatic heterocycles. The summed E-state index contributed by atoms with van der Waals surface area (Å²) in [5, 5.41) is 0. The lowest BCUT2D eigenvalue weighted by atomic mass is 10.2. The van der Waals surface area contributed by atoms with Crippen LogP contribution >= 0.6 is 24.0 Å². The molecule has 2 heterocycles. The molecule has 7 heteroatoms. The fourth-order valence-corrected chi connectivity index (χ4v) is 4.20. The van der Waals surface area contributed by atoms with Crippen LogP contribution in [0.25, 0.3) is 17.4 Å². The predicted octanol–water partition coefficient (Wildman–Crippen LogP) is 5.56. The molecule has 0 atom stereocenters. The summed E-state index contributed by atoms with van der Waals surface area (Å²) < 4.78 is 19.4. The highest BCUT2D eigenvalue weighted by molar-refractivity contribution is 8.27. The van der Waals surface area contributed by atoms with E-state index < -0.39 is 0 Å². The second kappa shape index (κ2) is 7.85. The first-order valence-electron chi connectivity index (χ1n) is 8.83. The van der Waals surface area contributed by atoms with Crippen molar-refractivity contribution in [2.45, 2.75) is 0 Å². The molecule has 0 N–H and O–H groups in total. The van der Waals surface area contributed by atoms with Gasteiger partial charge in [-0.2, -0.15) is 0 Å². The molecular weight excluding hydrogens is 407 g/mol. The zero-order valence-electron chi connectivity index (χ0n) is 15.8. The molecule has 4 rings (SSSR count). The fraction of sp³-hybridized carbons (Fsp3) is 0.0909. The highest BCUT2D eigenvalue weighted by atomic mass is 32.2. The maximum atomic E-state index is 13.1. The van der Waals surface area contributed by atoms with Crippen molar-refractivity contribution >= 4 is 51.7 Å². The number of rotatable bonds is 4. The van der Waals surface area contributed by atoms with Gasteiger partial charge in [-0.25, -0.2) is 4.39 Å². The smallest absolute Gasteiger partial charge is 0.270 e. The molecule has 1 amide bonds. The maximum Gasteiger partial charge on any atom is 0.270 e. The van der Waals surface area contributed by atoms with Gasteiger partial charge >= 0.3 is 0 Å². The Hall–Kier alpha value is -2.90. The number of thioether (sulfide) groups is 1. The lowest BCUT2D eigenvalue weighted by Crippen LogP contribution is -2.27. The molecule has 1 fully saturated rings. The van der Waals surface area contributed by atoms with Gasteiger partial charge in [-0.15, -0.1) is 0 Å². The number of hydrogen-bond acceptors (Lipinski definition) is 5. The van der Waals surface area contributed by atoms with E-state index in [0.717, 1.165) is 16.9 Å². The number of amides is 1. The van der Waals surface area contributed by atoms with E-state index in [1.165, 1.54) is 28.8 Å². The first kappa shape index (κ1) is 19.4. The summed E-state index contributed by atoms with van der Waals surface area (Å²) in [5.41, 5.74) is 2.53. The summed E-state index contributed by atoms with van der Waals surface area (Å²) in [6.45, 7) is 0. The summed E-state index contributed by atoms with van der Waals surface area (Å²) >= 11 is 6.66. The van der Waals surface area contributed by atoms with Gasteiger partial charge in [0.25, 0.3) is 5.91 Å². The Morgan fingerprint density at radius 2 is 1.72 bits per heavy atom. The average Bonchev–Trinajstić information content (AvgIpc) is 3.27. The number of carbonyl (C=O) groups is 1. The molecule has 1 aliphatic rings. The van der Waals surface area contributed by atoms with Crippen LogP contribution in [0, 0.1) is 5.82 Å². The number of nitrogens with zero attached hydrogens (tertiary/aromatic N) is 2. The van der Waals surface area contributed by atoms with E-state index in [0.29, 0.717) is 20.7 Å². The first-order chi connectivity index (χ1) is 13.9. The fourth-order valence-electron chi connectivity index (χ4n) is 2.92. The van der Waals surface area contributed by atoms with E-state index in [-0.39, 0.29) is 11.7 Å². The van der Waals surface area contributed by atoms with Crippen molar-refractivity contribution in [3.8, 4) is 11.3 Å². The van der Waals surface area contributed by atoms with Crippen LogP contribution in [0.2, 0.25) is 0 Å². The van der Waals surface area contributed by atoms with Crippen molar-refractivity contribution in [3.05, 3.63) is 77.1 Å². The van der Waals surface area contributed by atoms with Gasteiger partial charge in [0.05, 0.1) is 10.6 Å². The van der Waals surface area contributed by atoms with Crippen molar-refractivity contribution in [1.82, 2.24) is 0 Å². The molecule has 1 aliphatic heterocycles. The third kappa shape index (κ3) is 3.97. The first-order valence-corrected chi connectivity index (χ1v) is 10.1. The summed E-state index contributed by atoms with van der Waals surface area (Å²) in [4.78, 5) is 16.9. The number of benzene rings is 2. The van der Waals surface area contributed by atoms with Crippen LogP contribution in [0.5, 0.6) is 0 Å². The van der Waals surface area contributed by atoms with Crippen molar-refractivity contribution in [2.24, 2.45) is 0 Å². The molecule has 0 unspecified atom stereocenters. The zero-order valence-corrected chi connectivity index (χ0v) is 17.4. The van der Waals surface area contributed by atoms with Crippen LogP contribution in [0.1, 0.15) is 5.76 Å². The topological polar surface area (TPSA) is 36.7 Å². The van der Waals surface area contributed by atoms with Gasteiger partial charge in [0.15, 0.2) is 4.32 Å². The monoisotopic (exact) mass is 424 g/mol. The molecule has 4 nitrogen and oxygen atoms in total. The molecule has 0 radical (unpaired) electrons. The Balaban J connectivity index is 1.57. The van der Waals surface area contributed by atoms with Crippen molar-refractivity contribution in [1.29, 1.82) is 0 Å².